The fourth-order valence-corrected chi connectivity index (χ4v) is 1.26. The predicted molar refractivity (Wildman–Crippen MR) is 46.1 cm³/mol. The standard InChI is InChI=1S/C7H3F2IO2/c8-4-1-3(2-11)7(12)6(10)5(4)9/h1-2,12H. The van der Waals surface area contributed by atoms with E-state index in [4.69, 9.17) is 5.11 Å². The Bertz CT molecular complexity index is 339. The van der Waals surface area contributed by atoms with E-state index in [0.717, 1.165) is 0 Å². The molecule has 2 nitrogen and oxygen atoms in total. The Morgan fingerprint density at radius 3 is 2.58 bits per heavy atom. The molecule has 5 heteroatoms. The van der Waals surface area contributed by atoms with Gasteiger partial charge in [-0.3, -0.25) is 4.79 Å². The van der Waals surface area contributed by atoms with Crippen LogP contribution >= 0.6 is 22.6 Å². The summed E-state index contributed by atoms with van der Waals surface area (Å²) in [5.74, 6) is -2.80. The molecule has 0 unspecified atom stereocenters. The van der Waals surface area contributed by atoms with Crippen molar-refractivity contribution < 1.29 is 18.7 Å². The van der Waals surface area contributed by atoms with E-state index in [9.17, 15) is 13.6 Å². The van der Waals surface area contributed by atoms with E-state index < -0.39 is 17.4 Å². The van der Waals surface area contributed by atoms with Crippen LogP contribution < -0.4 is 0 Å². The van der Waals surface area contributed by atoms with Gasteiger partial charge in [0.1, 0.15) is 5.75 Å². The van der Waals surface area contributed by atoms with Crippen molar-refractivity contribution in [1.29, 1.82) is 0 Å². The van der Waals surface area contributed by atoms with Crippen LogP contribution in [0.3, 0.4) is 0 Å². The minimum Gasteiger partial charge on any atom is -0.506 e. The molecule has 64 valence electrons. The number of aromatic hydroxyl groups is 1. The highest BCUT2D eigenvalue weighted by Gasteiger charge is 2.14. The van der Waals surface area contributed by atoms with E-state index in [1.807, 2.05) is 0 Å². The lowest BCUT2D eigenvalue weighted by atomic mass is 10.2. The lowest BCUT2D eigenvalue weighted by molar-refractivity contribution is 0.112. The fraction of sp³-hybridized carbons (Fsp3) is 0. The minimum atomic E-state index is -1.14. The van der Waals surface area contributed by atoms with E-state index in [1.165, 1.54) is 22.6 Å². The number of carbonyl (C=O) groups excluding carboxylic acids is 1. The molecule has 0 saturated carbocycles. The summed E-state index contributed by atoms with van der Waals surface area (Å²) < 4.78 is 24.9. The summed E-state index contributed by atoms with van der Waals surface area (Å²) in [6, 6.07) is 0.653. The molecule has 1 aromatic carbocycles. The lowest BCUT2D eigenvalue weighted by Crippen LogP contribution is -1.94. The zero-order valence-electron chi connectivity index (χ0n) is 5.64. The maximum atomic E-state index is 12.6. The average molecular weight is 284 g/mol. The molecule has 0 atom stereocenters. The summed E-state index contributed by atoms with van der Waals surface area (Å²) in [5.41, 5.74) is -0.252. The molecule has 1 aromatic rings. The highest BCUT2D eigenvalue weighted by Crippen LogP contribution is 2.27. The van der Waals surface area contributed by atoms with Gasteiger partial charge in [-0.25, -0.2) is 8.78 Å². The van der Waals surface area contributed by atoms with Gasteiger partial charge in [0.2, 0.25) is 0 Å². The third-order valence-corrected chi connectivity index (χ3v) is 2.28. The molecule has 1 N–H and O–H groups in total. The molecule has 0 saturated heterocycles. The summed E-state index contributed by atoms with van der Waals surface area (Å²) in [5, 5.41) is 9.06. The molecule has 0 fully saturated rings. The van der Waals surface area contributed by atoms with Crippen LogP contribution in [0.2, 0.25) is 0 Å². The number of carbonyl (C=O) groups is 1. The molecule has 1 rings (SSSR count). The van der Waals surface area contributed by atoms with Crippen LogP contribution in [0.1, 0.15) is 10.4 Å². The van der Waals surface area contributed by atoms with Crippen LogP contribution in [-0.4, -0.2) is 11.4 Å². The van der Waals surface area contributed by atoms with Gasteiger partial charge in [0.15, 0.2) is 17.9 Å². The minimum absolute atomic E-state index is 0.252. The SMILES string of the molecule is O=Cc1cc(F)c(F)c(I)c1O. The van der Waals surface area contributed by atoms with Gasteiger partial charge in [0, 0.05) is 0 Å². The monoisotopic (exact) mass is 284 g/mol. The van der Waals surface area contributed by atoms with Crippen molar-refractivity contribution in [3.05, 3.63) is 26.8 Å². The number of halogens is 3. The summed E-state index contributed by atoms with van der Waals surface area (Å²) >= 11 is 1.42. The number of rotatable bonds is 1. The van der Waals surface area contributed by atoms with Crippen molar-refractivity contribution in [3.8, 4) is 5.75 Å². The Morgan fingerprint density at radius 1 is 1.50 bits per heavy atom. The first-order valence-corrected chi connectivity index (χ1v) is 3.97. The van der Waals surface area contributed by atoms with Crippen molar-refractivity contribution in [1.82, 2.24) is 0 Å². The van der Waals surface area contributed by atoms with E-state index >= 15 is 0 Å². The Labute approximate surface area is 80.3 Å². The lowest BCUT2D eigenvalue weighted by Gasteiger charge is -2.01. The van der Waals surface area contributed by atoms with Crippen molar-refractivity contribution in [2.75, 3.05) is 0 Å². The average Bonchev–Trinajstić information content (AvgIpc) is 2.08. The van der Waals surface area contributed by atoms with Gasteiger partial charge in [-0.15, -0.1) is 0 Å². The third-order valence-electron chi connectivity index (χ3n) is 1.29. The molecule has 0 radical (unpaired) electrons. The van der Waals surface area contributed by atoms with Gasteiger partial charge in [0.05, 0.1) is 9.13 Å². The molecular formula is C7H3F2IO2. The molecule has 0 bridgehead atoms. The Morgan fingerprint density at radius 2 is 2.08 bits per heavy atom. The number of phenols is 1. The van der Waals surface area contributed by atoms with Crippen LogP contribution in [-0.2, 0) is 0 Å². The number of hydrogen-bond donors (Lipinski definition) is 1. The smallest absolute Gasteiger partial charge is 0.175 e. The summed E-state index contributed by atoms with van der Waals surface area (Å²) in [6.07, 6.45) is 0.264. The maximum Gasteiger partial charge on any atom is 0.175 e. The molecule has 0 aliphatic rings. The van der Waals surface area contributed by atoms with Crippen molar-refractivity contribution in [2.24, 2.45) is 0 Å². The topological polar surface area (TPSA) is 37.3 Å². The second-order valence-electron chi connectivity index (χ2n) is 2.04. The van der Waals surface area contributed by atoms with Crippen molar-refractivity contribution in [2.45, 2.75) is 0 Å². The van der Waals surface area contributed by atoms with Crippen molar-refractivity contribution in [3.63, 3.8) is 0 Å². The first-order valence-electron chi connectivity index (χ1n) is 2.89. The van der Waals surface area contributed by atoms with E-state index in [0.29, 0.717) is 6.07 Å². The molecular weight excluding hydrogens is 281 g/mol. The first-order chi connectivity index (χ1) is 5.57. The summed E-state index contributed by atoms with van der Waals surface area (Å²) in [4.78, 5) is 10.2. The molecule has 0 amide bonds. The molecule has 0 heterocycles. The second kappa shape index (κ2) is 3.34. The third kappa shape index (κ3) is 1.40. The highest BCUT2D eigenvalue weighted by molar-refractivity contribution is 14.1. The molecule has 0 aromatic heterocycles. The quantitative estimate of drug-likeness (QED) is 0.487. The Balaban J connectivity index is 3.49. The highest BCUT2D eigenvalue weighted by atomic mass is 127. The van der Waals surface area contributed by atoms with Crippen LogP contribution in [0.5, 0.6) is 5.75 Å². The van der Waals surface area contributed by atoms with Crippen LogP contribution in [0, 0.1) is 15.2 Å². The summed E-state index contributed by atoms with van der Waals surface area (Å²) in [7, 11) is 0. The molecule has 0 aliphatic carbocycles. The van der Waals surface area contributed by atoms with Crippen LogP contribution in [0.15, 0.2) is 6.07 Å². The number of hydrogen-bond acceptors (Lipinski definition) is 2. The van der Waals surface area contributed by atoms with Gasteiger partial charge in [-0.2, -0.15) is 0 Å². The molecule has 12 heavy (non-hydrogen) atoms. The zero-order chi connectivity index (χ0) is 9.30. The molecule has 0 aliphatic heterocycles. The maximum absolute atomic E-state index is 12.6. The predicted octanol–water partition coefficient (Wildman–Crippen LogP) is 2.09. The number of phenolic OH excluding ortho intramolecular Hbond substituents is 1. The van der Waals surface area contributed by atoms with Gasteiger partial charge in [-0.05, 0) is 28.7 Å². The Kier molecular flexibility index (Phi) is 2.61. The van der Waals surface area contributed by atoms with E-state index in [1.54, 1.807) is 0 Å². The summed E-state index contributed by atoms with van der Waals surface area (Å²) in [6.45, 7) is 0. The Hall–Kier alpha value is -0.720. The van der Waals surface area contributed by atoms with Gasteiger partial charge in [0.25, 0.3) is 0 Å². The number of aldehydes is 1. The first kappa shape index (κ1) is 9.37. The van der Waals surface area contributed by atoms with Gasteiger partial charge in [-0.1, -0.05) is 0 Å². The van der Waals surface area contributed by atoms with Crippen LogP contribution in [0.25, 0.3) is 0 Å². The normalized spacial score (nSPS) is 9.92. The molecule has 0 spiro atoms. The second-order valence-corrected chi connectivity index (χ2v) is 3.12. The fourth-order valence-electron chi connectivity index (χ4n) is 0.694. The zero-order valence-corrected chi connectivity index (χ0v) is 7.80. The van der Waals surface area contributed by atoms with Gasteiger partial charge < -0.3 is 5.11 Å². The number of benzene rings is 1. The van der Waals surface area contributed by atoms with Gasteiger partial charge >= 0.3 is 0 Å². The largest absolute Gasteiger partial charge is 0.506 e. The van der Waals surface area contributed by atoms with E-state index in [2.05, 4.69) is 0 Å². The van der Waals surface area contributed by atoms with Crippen LogP contribution in [0.4, 0.5) is 8.78 Å². The van der Waals surface area contributed by atoms with E-state index in [-0.39, 0.29) is 15.4 Å². The van der Waals surface area contributed by atoms with Crippen molar-refractivity contribution >= 4 is 28.9 Å².